The Balaban J connectivity index is 2.36. The largest absolute Gasteiger partial charge is 0.464 e. The molecule has 0 fully saturated rings. The number of carbonyl (C=O) groups is 1. The molecule has 2 aromatic rings. The van der Waals surface area contributed by atoms with E-state index in [2.05, 4.69) is 9.72 Å². The van der Waals surface area contributed by atoms with E-state index >= 15 is 0 Å². The molecule has 0 saturated carbocycles. The number of halogens is 1. The van der Waals surface area contributed by atoms with Gasteiger partial charge >= 0.3 is 5.97 Å². The minimum Gasteiger partial charge on any atom is -0.464 e. The maximum atomic E-state index is 13.0. The number of carbonyl (C=O) groups excluding carboxylic acids is 1. The van der Waals surface area contributed by atoms with E-state index in [0.29, 0.717) is 11.1 Å². The van der Waals surface area contributed by atoms with E-state index in [4.69, 9.17) is 5.26 Å². The Hall–Kier alpha value is -2.68. The van der Waals surface area contributed by atoms with Crippen molar-refractivity contribution in [1.29, 1.82) is 5.26 Å². The highest BCUT2D eigenvalue weighted by atomic mass is 19.1. The molecule has 0 unspecified atom stereocenters. The maximum Gasteiger partial charge on any atom is 0.354 e. The lowest BCUT2D eigenvalue weighted by molar-refractivity contribution is 0.0589. The van der Waals surface area contributed by atoms with E-state index in [1.54, 1.807) is 10.6 Å². The van der Waals surface area contributed by atoms with Crippen LogP contribution in [0.1, 0.15) is 21.6 Å². The number of esters is 1. The number of nitriles is 1. The van der Waals surface area contributed by atoms with Gasteiger partial charge in [-0.3, -0.25) is 0 Å². The van der Waals surface area contributed by atoms with E-state index in [1.807, 2.05) is 6.07 Å². The van der Waals surface area contributed by atoms with Crippen molar-refractivity contribution in [3.05, 3.63) is 53.4 Å². The van der Waals surface area contributed by atoms with Crippen molar-refractivity contribution in [3.63, 3.8) is 0 Å². The molecule has 0 saturated heterocycles. The number of methoxy groups -OCH3 is 1. The van der Waals surface area contributed by atoms with Gasteiger partial charge in [-0.2, -0.15) is 9.65 Å². The summed E-state index contributed by atoms with van der Waals surface area (Å²) in [7, 11) is 1.26. The Morgan fingerprint density at radius 1 is 1.58 bits per heavy atom. The molecule has 2 rings (SSSR count). The van der Waals surface area contributed by atoms with Crippen molar-refractivity contribution in [2.45, 2.75) is 6.54 Å². The molecule has 0 radical (unpaired) electrons. The van der Waals surface area contributed by atoms with Crippen LogP contribution in [0.3, 0.4) is 0 Å². The molecule has 2 aromatic heterocycles. The van der Waals surface area contributed by atoms with Crippen molar-refractivity contribution < 1.29 is 13.9 Å². The van der Waals surface area contributed by atoms with Crippen molar-refractivity contribution in [2.24, 2.45) is 0 Å². The third-order valence-corrected chi connectivity index (χ3v) is 2.56. The second-order valence-corrected chi connectivity index (χ2v) is 3.83. The fourth-order valence-corrected chi connectivity index (χ4v) is 1.72. The Kier molecular flexibility index (Phi) is 3.57. The summed E-state index contributed by atoms with van der Waals surface area (Å²) in [5.74, 6) is -1.14. The molecule has 0 aromatic carbocycles. The third-order valence-electron chi connectivity index (χ3n) is 2.56. The normalized spacial score (nSPS) is 9.95. The number of ether oxygens (including phenoxy) is 1. The smallest absolute Gasteiger partial charge is 0.354 e. The van der Waals surface area contributed by atoms with Gasteiger partial charge in [0.2, 0.25) is 5.95 Å². The lowest BCUT2D eigenvalue weighted by Crippen LogP contribution is -2.10. The monoisotopic (exact) mass is 259 g/mol. The Morgan fingerprint density at radius 3 is 3.00 bits per heavy atom. The molecule has 2 heterocycles. The first-order valence-corrected chi connectivity index (χ1v) is 5.43. The van der Waals surface area contributed by atoms with Gasteiger partial charge in [0.1, 0.15) is 11.8 Å². The number of rotatable bonds is 3. The van der Waals surface area contributed by atoms with E-state index in [0.717, 1.165) is 0 Å². The lowest BCUT2D eigenvalue weighted by atomic mass is 10.2. The van der Waals surface area contributed by atoms with Gasteiger partial charge in [-0.05, 0) is 23.8 Å². The van der Waals surface area contributed by atoms with Crippen molar-refractivity contribution in [2.75, 3.05) is 7.11 Å². The van der Waals surface area contributed by atoms with Gasteiger partial charge in [0.15, 0.2) is 0 Å². The minimum atomic E-state index is -0.593. The second kappa shape index (κ2) is 5.31. The molecule has 19 heavy (non-hydrogen) atoms. The van der Waals surface area contributed by atoms with Gasteiger partial charge in [-0.25, -0.2) is 9.78 Å². The van der Waals surface area contributed by atoms with Crippen LogP contribution in [0.25, 0.3) is 0 Å². The predicted molar refractivity (Wildman–Crippen MR) is 63.8 cm³/mol. The van der Waals surface area contributed by atoms with Crippen LogP contribution in [-0.2, 0) is 11.3 Å². The first kappa shape index (κ1) is 12.8. The Bertz CT molecular complexity index is 658. The van der Waals surface area contributed by atoms with Gasteiger partial charge in [0.05, 0.1) is 12.7 Å². The molecule has 0 atom stereocenters. The fourth-order valence-electron chi connectivity index (χ4n) is 1.72. The van der Waals surface area contributed by atoms with Gasteiger partial charge in [0.25, 0.3) is 0 Å². The first-order chi connectivity index (χ1) is 9.13. The topological polar surface area (TPSA) is 67.9 Å². The molecule has 0 N–H and O–H groups in total. The molecule has 0 aliphatic carbocycles. The van der Waals surface area contributed by atoms with E-state index in [-0.39, 0.29) is 12.2 Å². The van der Waals surface area contributed by atoms with Gasteiger partial charge in [0, 0.05) is 18.9 Å². The average Bonchev–Trinajstić information content (AvgIpc) is 2.81. The van der Waals surface area contributed by atoms with E-state index in [1.165, 1.54) is 31.6 Å². The zero-order valence-electron chi connectivity index (χ0n) is 10.1. The van der Waals surface area contributed by atoms with Crippen LogP contribution >= 0.6 is 0 Å². The molecule has 0 bridgehead atoms. The fraction of sp³-hybridized carbons (Fsp3) is 0.154. The second-order valence-electron chi connectivity index (χ2n) is 3.83. The van der Waals surface area contributed by atoms with Crippen LogP contribution < -0.4 is 0 Å². The summed E-state index contributed by atoms with van der Waals surface area (Å²) in [6.45, 7) is 0.256. The molecule has 5 nitrogen and oxygen atoms in total. The number of pyridine rings is 1. The number of nitrogens with zero attached hydrogens (tertiary/aromatic N) is 3. The highest BCUT2D eigenvalue weighted by molar-refractivity contribution is 5.88. The van der Waals surface area contributed by atoms with Gasteiger partial charge < -0.3 is 9.30 Å². The standard InChI is InChI=1S/C13H10FN3O2/c1-19-13(18)11-4-10(6-15)8-17(11)7-9-2-3-16-12(14)5-9/h2-5,8H,7H2,1H3. The molecular weight excluding hydrogens is 249 g/mol. The van der Waals surface area contributed by atoms with Crippen LogP contribution in [0.4, 0.5) is 4.39 Å². The van der Waals surface area contributed by atoms with E-state index in [9.17, 15) is 9.18 Å². The van der Waals surface area contributed by atoms with Crippen LogP contribution in [-0.4, -0.2) is 22.6 Å². The number of hydrogen-bond donors (Lipinski definition) is 0. The summed E-state index contributed by atoms with van der Waals surface area (Å²) in [6.07, 6.45) is 2.86. The summed E-state index contributed by atoms with van der Waals surface area (Å²) < 4.78 is 19.2. The molecular formula is C13H10FN3O2. The van der Waals surface area contributed by atoms with Crippen LogP contribution in [0.15, 0.2) is 30.6 Å². The molecule has 0 spiro atoms. The zero-order valence-corrected chi connectivity index (χ0v) is 10.1. The lowest BCUT2D eigenvalue weighted by Gasteiger charge is -2.07. The van der Waals surface area contributed by atoms with Crippen molar-refractivity contribution in [3.8, 4) is 6.07 Å². The summed E-state index contributed by atoms with van der Waals surface area (Å²) in [6, 6.07) is 6.29. The average molecular weight is 259 g/mol. The summed E-state index contributed by atoms with van der Waals surface area (Å²) >= 11 is 0. The SMILES string of the molecule is COC(=O)c1cc(C#N)cn1Cc1ccnc(F)c1. The van der Waals surface area contributed by atoms with Crippen molar-refractivity contribution in [1.82, 2.24) is 9.55 Å². The van der Waals surface area contributed by atoms with Gasteiger partial charge in [-0.1, -0.05) is 0 Å². The van der Waals surface area contributed by atoms with Crippen LogP contribution in [0, 0.1) is 17.3 Å². The molecule has 0 aliphatic heterocycles. The number of aromatic nitrogens is 2. The first-order valence-electron chi connectivity index (χ1n) is 5.43. The summed E-state index contributed by atoms with van der Waals surface area (Å²) in [4.78, 5) is 15.0. The molecule has 96 valence electrons. The van der Waals surface area contributed by atoms with Crippen LogP contribution in [0.5, 0.6) is 0 Å². The predicted octanol–water partition coefficient (Wildman–Crippen LogP) is 1.73. The van der Waals surface area contributed by atoms with Crippen molar-refractivity contribution >= 4 is 5.97 Å². The zero-order chi connectivity index (χ0) is 13.8. The van der Waals surface area contributed by atoms with Gasteiger partial charge in [-0.15, -0.1) is 0 Å². The quantitative estimate of drug-likeness (QED) is 0.621. The highest BCUT2D eigenvalue weighted by Gasteiger charge is 2.14. The molecule has 6 heteroatoms. The maximum absolute atomic E-state index is 13.0. The molecule has 0 aliphatic rings. The minimum absolute atomic E-state index is 0.247. The van der Waals surface area contributed by atoms with Crippen LogP contribution in [0.2, 0.25) is 0 Å². The number of hydrogen-bond acceptors (Lipinski definition) is 4. The highest BCUT2D eigenvalue weighted by Crippen LogP contribution is 2.12. The Labute approximate surface area is 108 Å². The third kappa shape index (κ3) is 2.77. The molecule has 0 amide bonds. The Morgan fingerprint density at radius 2 is 2.37 bits per heavy atom. The summed E-state index contributed by atoms with van der Waals surface area (Å²) in [5, 5.41) is 8.85. The summed E-state index contributed by atoms with van der Waals surface area (Å²) in [5.41, 5.74) is 1.23. The van der Waals surface area contributed by atoms with E-state index < -0.39 is 11.9 Å².